The van der Waals surface area contributed by atoms with E-state index < -0.39 is 27.5 Å². The Balaban J connectivity index is 1.58. The lowest BCUT2D eigenvalue weighted by Gasteiger charge is -2.14. The Morgan fingerprint density at radius 3 is 2.60 bits per heavy atom. The van der Waals surface area contributed by atoms with Crippen LogP contribution in [-0.4, -0.2) is 40.6 Å². The molecule has 0 unspecified atom stereocenters. The van der Waals surface area contributed by atoms with Crippen LogP contribution in [0.3, 0.4) is 0 Å². The van der Waals surface area contributed by atoms with Crippen LogP contribution in [0.1, 0.15) is 16.8 Å². The van der Waals surface area contributed by atoms with E-state index in [1.54, 1.807) is 6.07 Å². The van der Waals surface area contributed by atoms with Crippen LogP contribution in [0.15, 0.2) is 48.0 Å². The van der Waals surface area contributed by atoms with Crippen molar-refractivity contribution in [2.45, 2.75) is 24.2 Å². The fraction of sp³-hybridized carbons (Fsp3) is 0.227. The smallest absolute Gasteiger partial charge is 0.433 e. The molecule has 35 heavy (non-hydrogen) atoms. The Kier molecular flexibility index (Phi) is 5.38. The lowest BCUT2D eigenvalue weighted by atomic mass is 10.0. The summed E-state index contributed by atoms with van der Waals surface area (Å²) in [4.78, 5) is 11.8. The average Bonchev–Trinajstić information content (AvgIpc) is 3.45. The molecule has 0 saturated carbocycles. The van der Waals surface area contributed by atoms with Crippen molar-refractivity contribution in [3.63, 3.8) is 0 Å². The molecule has 0 bridgehead atoms. The number of aromatic nitrogens is 4. The number of rotatable bonds is 5. The van der Waals surface area contributed by atoms with E-state index in [9.17, 15) is 26.0 Å². The van der Waals surface area contributed by atoms with Gasteiger partial charge in [0.15, 0.2) is 14.9 Å². The Hall–Kier alpha value is -3.74. The van der Waals surface area contributed by atoms with E-state index in [1.807, 2.05) is 0 Å². The minimum atomic E-state index is -4.62. The average molecular weight is 507 g/mol. The van der Waals surface area contributed by atoms with Crippen LogP contribution in [0.2, 0.25) is 0 Å². The third-order valence-corrected chi connectivity index (χ3v) is 6.61. The molecule has 4 aromatic rings. The number of nitrogens with one attached hydrogen (secondary N) is 1. The maximum Gasteiger partial charge on any atom is 0.433 e. The zero-order valence-corrected chi connectivity index (χ0v) is 18.9. The van der Waals surface area contributed by atoms with Crippen LogP contribution >= 0.6 is 0 Å². The molecule has 0 radical (unpaired) electrons. The SMILES string of the molecule is CS(=O)(=O)c1ncn2c(NCc3c(F)ccc4c3CCO4)ncc(-c3ccc(C(F)(F)F)nc3)c12. The van der Waals surface area contributed by atoms with Gasteiger partial charge in [-0.3, -0.25) is 9.38 Å². The Morgan fingerprint density at radius 1 is 1.11 bits per heavy atom. The fourth-order valence-electron chi connectivity index (χ4n) is 3.99. The van der Waals surface area contributed by atoms with Crippen molar-refractivity contribution < 1.29 is 30.7 Å². The van der Waals surface area contributed by atoms with E-state index >= 15 is 0 Å². The molecule has 182 valence electrons. The summed E-state index contributed by atoms with van der Waals surface area (Å²) in [7, 11) is -3.81. The van der Waals surface area contributed by atoms with Gasteiger partial charge in [0, 0.05) is 53.9 Å². The summed E-state index contributed by atoms with van der Waals surface area (Å²) < 4.78 is 84.9. The number of anilines is 1. The number of alkyl halides is 3. The van der Waals surface area contributed by atoms with Crippen molar-refractivity contribution in [1.82, 2.24) is 19.4 Å². The summed E-state index contributed by atoms with van der Waals surface area (Å²) in [6.45, 7) is 0.484. The maximum absolute atomic E-state index is 14.5. The predicted molar refractivity (Wildman–Crippen MR) is 117 cm³/mol. The second-order valence-electron chi connectivity index (χ2n) is 7.92. The van der Waals surface area contributed by atoms with Crippen molar-refractivity contribution >= 4 is 21.3 Å². The molecule has 0 atom stereocenters. The zero-order valence-electron chi connectivity index (χ0n) is 18.1. The van der Waals surface area contributed by atoms with E-state index in [4.69, 9.17) is 4.74 Å². The van der Waals surface area contributed by atoms with E-state index in [0.29, 0.717) is 24.3 Å². The van der Waals surface area contributed by atoms with Crippen molar-refractivity contribution in [2.24, 2.45) is 0 Å². The summed E-state index contributed by atoms with van der Waals surface area (Å²) in [5, 5.41) is 2.72. The molecule has 0 aliphatic carbocycles. The molecule has 0 fully saturated rings. The molecule has 0 spiro atoms. The highest BCUT2D eigenvalue weighted by Gasteiger charge is 2.32. The number of benzene rings is 1. The van der Waals surface area contributed by atoms with Gasteiger partial charge in [0.2, 0.25) is 5.95 Å². The van der Waals surface area contributed by atoms with Gasteiger partial charge >= 0.3 is 6.18 Å². The van der Waals surface area contributed by atoms with E-state index in [1.165, 1.54) is 29.1 Å². The highest BCUT2D eigenvalue weighted by Crippen LogP contribution is 2.34. The minimum Gasteiger partial charge on any atom is -0.493 e. The first-order chi connectivity index (χ1) is 16.5. The van der Waals surface area contributed by atoms with Crippen molar-refractivity contribution in [2.75, 3.05) is 18.2 Å². The molecule has 13 heteroatoms. The summed E-state index contributed by atoms with van der Waals surface area (Å²) in [6.07, 6.45) is 0.446. The fourth-order valence-corrected chi connectivity index (χ4v) is 4.79. The first kappa shape index (κ1) is 23.0. The van der Waals surface area contributed by atoms with Gasteiger partial charge in [-0.15, -0.1) is 0 Å². The molecule has 1 aliphatic heterocycles. The number of imidazole rings is 1. The van der Waals surface area contributed by atoms with Crippen LogP contribution in [-0.2, 0) is 29.0 Å². The normalized spacial score (nSPS) is 13.6. The summed E-state index contributed by atoms with van der Waals surface area (Å²) >= 11 is 0. The van der Waals surface area contributed by atoms with Crippen LogP contribution in [0, 0.1) is 5.82 Å². The zero-order chi connectivity index (χ0) is 25.0. The first-order valence-corrected chi connectivity index (χ1v) is 12.2. The monoisotopic (exact) mass is 507 g/mol. The van der Waals surface area contributed by atoms with Gasteiger partial charge in [-0.05, 0) is 18.2 Å². The highest BCUT2D eigenvalue weighted by atomic mass is 32.2. The molecular formula is C22H17F4N5O3S. The second-order valence-corrected chi connectivity index (χ2v) is 9.85. The standard InChI is InChI=1S/C22H17F4N5O3S/c1-35(32,33)20-19-14(12-2-5-18(27-8-12)22(24,25)26)9-28-21(31(19)11-30-20)29-10-15-13-6-7-34-17(13)4-3-16(15)23/h2-5,8-9,11H,6-7,10H2,1H3,(H,28,29). The summed E-state index contributed by atoms with van der Waals surface area (Å²) in [5.74, 6) is 0.350. The van der Waals surface area contributed by atoms with Gasteiger partial charge in [-0.1, -0.05) is 6.07 Å². The molecular weight excluding hydrogens is 490 g/mol. The molecule has 5 rings (SSSR count). The molecule has 1 N–H and O–H groups in total. The largest absolute Gasteiger partial charge is 0.493 e. The molecule has 0 saturated heterocycles. The molecule has 4 heterocycles. The van der Waals surface area contributed by atoms with Crippen LogP contribution < -0.4 is 10.1 Å². The molecule has 1 aromatic carbocycles. The number of hydrogen-bond donors (Lipinski definition) is 1. The van der Waals surface area contributed by atoms with Crippen LogP contribution in [0.5, 0.6) is 5.75 Å². The number of nitrogens with zero attached hydrogens (tertiary/aromatic N) is 4. The molecule has 3 aromatic heterocycles. The summed E-state index contributed by atoms with van der Waals surface area (Å²) in [6, 6.07) is 4.86. The lowest BCUT2D eigenvalue weighted by molar-refractivity contribution is -0.141. The summed E-state index contributed by atoms with van der Waals surface area (Å²) in [5.41, 5.74) is 0.597. The number of pyridine rings is 1. The number of halogens is 4. The topological polar surface area (TPSA) is 98.5 Å². The van der Waals surface area contributed by atoms with Crippen LogP contribution in [0.25, 0.3) is 16.6 Å². The Labute approximate surface area is 196 Å². The van der Waals surface area contributed by atoms with Crippen LogP contribution in [0.4, 0.5) is 23.5 Å². The third kappa shape index (κ3) is 4.16. The molecule has 8 nitrogen and oxygen atoms in total. The minimum absolute atomic E-state index is 0.0358. The maximum atomic E-state index is 14.5. The van der Waals surface area contributed by atoms with Gasteiger partial charge < -0.3 is 10.1 Å². The Bertz CT molecular complexity index is 1550. The quantitative estimate of drug-likeness (QED) is 0.409. The number of ether oxygens (including phenoxy) is 1. The number of fused-ring (bicyclic) bond motifs is 2. The van der Waals surface area contributed by atoms with Crippen molar-refractivity contribution in [1.29, 1.82) is 0 Å². The van der Waals surface area contributed by atoms with Gasteiger partial charge in [-0.25, -0.2) is 22.8 Å². The molecule has 1 aliphatic rings. The van der Waals surface area contributed by atoms with E-state index in [-0.39, 0.29) is 34.2 Å². The number of hydrogen-bond acceptors (Lipinski definition) is 7. The van der Waals surface area contributed by atoms with Crippen molar-refractivity contribution in [3.8, 4) is 16.9 Å². The second kappa shape index (κ2) is 8.18. The Morgan fingerprint density at radius 2 is 1.91 bits per heavy atom. The van der Waals surface area contributed by atoms with Gasteiger partial charge in [-0.2, -0.15) is 13.2 Å². The predicted octanol–water partition coefficient (Wildman–Crippen LogP) is 3.90. The van der Waals surface area contributed by atoms with Gasteiger partial charge in [0.05, 0.1) is 12.1 Å². The number of sulfone groups is 1. The van der Waals surface area contributed by atoms with E-state index in [2.05, 4.69) is 20.3 Å². The molecule has 0 amide bonds. The third-order valence-electron chi connectivity index (χ3n) is 5.61. The van der Waals surface area contributed by atoms with Crippen molar-refractivity contribution in [3.05, 3.63) is 65.6 Å². The highest BCUT2D eigenvalue weighted by molar-refractivity contribution is 7.90. The first-order valence-electron chi connectivity index (χ1n) is 10.3. The lowest BCUT2D eigenvalue weighted by Crippen LogP contribution is -2.10. The van der Waals surface area contributed by atoms with Gasteiger partial charge in [0.1, 0.15) is 23.6 Å². The van der Waals surface area contributed by atoms with Gasteiger partial charge in [0.25, 0.3) is 0 Å². The van der Waals surface area contributed by atoms with E-state index in [0.717, 1.165) is 24.1 Å².